The van der Waals surface area contributed by atoms with Crippen LogP contribution in [0.4, 0.5) is 0 Å². The Morgan fingerprint density at radius 2 is 1.58 bits per heavy atom. The summed E-state index contributed by atoms with van der Waals surface area (Å²) in [4.78, 5) is 0. The zero-order valence-corrected chi connectivity index (χ0v) is 20.2. The molecule has 0 fully saturated rings. The van der Waals surface area contributed by atoms with Gasteiger partial charge in [0.25, 0.3) is 0 Å². The zero-order valence-electron chi connectivity index (χ0n) is 17.3. The molecule has 0 heterocycles. The van der Waals surface area contributed by atoms with Crippen LogP contribution in [0.1, 0.15) is 82.9 Å². The average molecular weight is 463 g/mol. The van der Waals surface area contributed by atoms with E-state index in [0.29, 0.717) is 6.42 Å². The van der Waals surface area contributed by atoms with Crippen molar-refractivity contribution in [1.82, 2.24) is 0 Å². The number of hydrogen-bond donors (Lipinski definition) is 1. The van der Waals surface area contributed by atoms with Crippen molar-refractivity contribution in [2.24, 2.45) is 0 Å². The molecule has 1 atom stereocenters. The van der Waals surface area contributed by atoms with E-state index in [1.54, 1.807) is 6.08 Å². The standard InChI is InChI=1S/C12H13O.3C4H9.Sn/c1-3-6-12(13)11-8-5-7-10(4-2)9-11;3*1-3-4-2;/h2-5,7-9,12-13H,1,6H2;3*1,3-4H2,2H3;. The first-order chi connectivity index (χ1) is 12.6. The molecule has 1 aromatic rings. The number of hydrogen-bond acceptors (Lipinski definition) is 1. The van der Waals surface area contributed by atoms with Crippen molar-refractivity contribution in [2.45, 2.75) is 85.1 Å². The molecule has 2 heteroatoms. The van der Waals surface area contributed by atoms with Gasteiger partial charge in [-0.1, -0.05) is 0 Å². The Labute approximate surface area is 166 Å². The molecule has 146 valence electrons. The van der Waals surface area contributed by atoms with Crippen LogP contribution in [0, 0.1) is 0 Å². The van der Waals surface area contributed by atoms with E-state index in [1.807, 2.05) is 6.07 Å². The number of aliphatic hydroxyl groups excluding tert-OH is 1. The zero-order chi connectivity index (χ0) is 19.3. The van der Waals surface area contributed by atoms with Crippen molar-refractivity contribution in [3.63, 3.8) is 0 Å². The SMILES string of the molecule is C=CCC(O)c1cccc(/C=[CH]\[Sn]([CH2]CCC)([CH2]CCC)[CH2]CCC)c1. The summed E-state index contributed by atoms with van der Waals surface area (Å²) in [5.74, 6) is 0. The molecule has 1 nitrogen and oxygen atoms in total. The predicted octanol–water partition coefficient (Wildman–Crippen LogP) is 7.70. The molecule has 0 bridgehead atoms. The summed E-state index contributed by atoms with van der Waals surface area (Å²) in [7, 11) is 0. The molecular weight excluding hydrogens is 423 g/mol. The van der Waals surface area contributed by atoms with Crippen molar-refractivity contribution in [1.29, 1.82) is 0 Å². The number of benzene rings is 1. The molecule has 0 saturated carbocycles. The van der Waals surface area contributed by atoms with Gasteiger partial charge in [0, 0.05) is 0 Å². The van der Waals surface area contributed by atoms with Gasteiger partial charge in [-0.05, 0) is 0 Å². The van der Waals surface area contributed by atoms with E-state index < -0.39 is 24.5 Å². The number of aliphatic hydroxyl groups is 1. The summed E-state index contributed by atoms with van der Waals surface area (Å²) >= 11 is -2.23. The van der Waals surface area contributed by atoms with Gasteiger partial charge in [-0.3, -0.25) is 0 Å². The maximum atomic E-state index is 10.2. The van der Waals surface area contributed by atoms with Crippen LogP contribution in [0.25, 0.3) is 6.08 Å². The van der Waals surface area contributed by atoms with E-state index in [9.17, 15) is 5.11 Å². The third-order valence-corrected chi connectivity index (χ3v) is 19.4. The van der Waals surface area contributed by atoms with Gasteiger partial charge < -0.3 is 0 Å². The first-order valence-electron chi connectivity index (χ1n) is 10.7. The second kappa shape index (κ2) is 13.6. The average Bonchev–Trinajstić information content (AvgIpc) is 2.67. The fourth-order valence-electron chi connectivity index (χ4n) is 3.65. The molecule has 0 saturated heterocycles. The fraction of sp³-hybridized carbons (Fsp3) is 0.583. The molecule has 0 radical (unpaired) electrons. The molecule has 0 aliphatic rings. The summed E-state index contributed by atoms with van der Waals surface area (Å²) < 4.78 is 7.20. The first kappa shape index (κ1) is 23.5. The minimum absolute atomic E-state index is 0.436. The van der Waals surface area contributed by atoms with E-state index in [-0.39, 0.29) is 0 Å². The van der Waals surface area contributed by atoms with Crippen molar-refractivity contribution in [3.05, 3.63) is 52.1 Å². The van der Waals surface area contributed by atoms with Gasteiger partial charge in [0.05, 0.1) is 0 Å². The molecule has 1 aromatic carbocycles. The van der Waals surface area contributed by atoms with Gasteiger partial charge in [-0.25, -0.2) is 0 Å². The Morgan fingerprint density at radius 3 is 2.08 bits per heavy atom. The first-order valence-corrected chi connectivity index (χ1v) is 18.4. The molecule has 1 rings (SSSR count). The molecule has 0 aliphatic carbocycles. The quantitative estimate of drug-likeness (QED) is 0.222. The van der Waals surface area contributed by atoms with Gasteiger partial charge in [0.15, 0.2) is 0 Å². The molecule has 0 aliphatic heterocycles. The Hall–Kier alpha value is -0.541. The van der Waals surface area contributed by atoms with Crippen LogP contribution < -0.4 is 0 Å². The van der Waals surface area contributed by atoms with Gasteiger partial charge >= 0.3 is 167 Å². The second-order valence-corrected chi connectivity index (χ2v) is 20.7. The van der Waals surface area contributed by atoms with Crippen molar-refractivity contribution >= 4 is 24.5 Å². The molecule has 1 unspecified atom stereocenters. The topological polar surface area (TPSA) is 20.2 Å². The van der Waals surface area contributed by atoms with E-state index in [2.05, 4.69) is 55.7 Å². The van der Waals surface area contributed by atoms with E-state index in [4.69, 9.17) is 0 Å². The molecule has 0 spiro atoms. The Morgan fingerprint density at radius 1 is 1.00 bits per heavy atom. The maximum absolute atomic E-state index is 10.2. The summed E-state index contributed by atoms with van der Waals surface area (Å²) in [6.07, 6.45) is 12.5. The normalized spacial score (nSPS) is 13.2. The van der Waals surface area contributed by atoms with E-state index >= 15 is 0 Å². The summed E-state index contributed by atoms with van der Waals surface area (Å²) in [6.45, 7) is 10.7. The monoisotopic (exact) mass is 464 g/mol. The second-order valence-electron chi connectivity index (χ2n) is 7.72. The van der Waals surface area contributed by atoms with Crippen LogP contribution in [0.15, 0.2) is 41.0 Å². The molecular formula is C24H40OSn. The molecule has 0 amide bonds. The Bertz CT molecular complexity index is 513. The van der Waals surface area contributed by atoms with Crippen LogP contribution in [-0.4, -0.2) is 23.5 Å². The molecule has 1 N–H and O–H groups in total. The van der Waals surface area contributed by atoms with Crippen LogP contribution in [0.3, 0.4) is 0 Å². The molecule has 26 heavy (non-hydrogen) atoms. The van der Waals surface area contributed by atoms with Gasteiger partial charge in [0.2, 0.25) is 0 Å². The van der Waals surface area contributed by atoms with Crippen LogP contribution in [0.5, 0.6) is 0 Å². The number of unbranched alkanes of at least 4 members (excludes halogenated alkanes) is 3. The Kier molecular flexibility index (Phi) is 12.3. The van der Waals surface area contributed by atoms with Crippen LogP contribution in [-0.2, 0) is 0 Å². The third-order valence-electron chi connectivity index (χ3n) is 5.40. The van der Waals surface area contributed by atoms with E-state index in [1.165, 1.54) is 57.4 Å². The Balaban J connectivity index is 3.02. The predicted molar refractivity (Wildman–Crippen MR) is 120 cm³/mol. The summed E-state index contributed by atoms with van der Waals surface area (Å²) in [6, 6.07) is 8.42. The minimum atomic E-state index is -2.23. The van der Waals surface area contributed by atoms with Gasteiger partial charge in [-0.2, -0.15) is 0 Å². The van der Waals surface area contributed by atoms with Crippen molar-refractivity contribution in [3.8, 4) is 0 Å². The van der Waals surface area contributed by atoms with E-state index in [0.717, 1.165) is 5.56 Å². The van der Waals surface area contributed by atoms with Gasteiger partial charge in [-0.15, -0.1) is 0 Å². The van der Waals surface area contributed by atoms with Crippen LogP contribution >= 0.6 is 0 Å². The third kappa shape index (κ3) is 8.43. The van der Waals surface area contributed by atoms with Crippen molar-refractivity contribution < 1.29 is 5.11 Å². The fourth-order valence-corrected chi connectivity index (χ4v) is 17.8. The van der Waals surface area contributed by atoms with Crippen LogP contribution in [0.2, 0.25) is 13.3 Å². The summed E-state index contributed by atoms with van der Waals surface area (Å²) in [5, 5.41) is 10.2. The van der Waals surface area contributed by atoms with Gasteiger partial charge in [0.1, 0.15) is 0 Å². The molecule has 0 aromatic heterocycles. The summed E-state index contributed by atoms with van der Waals surface area (Å²) in [5.41, 5.74) is 2.25. The van der Waals surface area contributed by atoms with Crippen molar-refractivity contribution in [2.75, 3.05) is 0 Å². The number of rotatable bonds is 14.